The second-order valence-electron chi connectivity index (χ2n) is 7.21. The van der Waals surface area contributed by atoms with Crippen molar-refractivity contribution in [2.75, 3.05) is 0 Å². The maximum Gasteiger partial charge on any atom is 0.309 e. The zero-order chi connectivity index (χ0) is 14.9. The first-order chi connectivity index (χ1) is 9.36. The Morgan fingerprint density at radius 3 is 2.25 bits per heavy atom. The number of hydrogen-bond donors (Lipinski definition) is 1. The molecule has 0 aromatic carbocycles. The minimum Gasteiger partial charge on any atom is -0.460 e. The summed E-state index contributed by atoms with van der Waals surface area (Å²) in [5.41, 5.74) is 0. The molecule has 2 fully saturated rings. The maximum absolute atomic E-state index is 12.0. The molecule has 0 saturated carbocycles. The molecule has 2 rings (SSSR count). The van der Waals surface area contributed by atoms with Crippen LogP contribution in [0.4, 0.5) is 0 Å². The van der Waals surface area contributed by atoms with Crippen molar-refractivity contribution >= 4 is 11.9 Å². The molecule has 0 spiro atoms. The van der Waals surface area contributed by atoms with Crippen molar-refractivity contribution in [1.29, 1.82) is 0 Å². The second-order valence-corrected chi connectivity index (χ2v) is 7.21. The molecule has 1 N–H and O–H groups in total. The summed E-state index contributed by atoms with van der Waals surface area (Å²) in [6.07, 6.45) is 3.25. The van der Waals surface area contributed by atoms with E-state index in [0.717, 1.165) is 25.7 Å². The van der Waals surface area contributed by atoms with Gasteiger partial charge in [0, 0.05) is 5.92 Å². The monoisotopic (exact) mass is 281 g/mol. The van der Waals surface area contributed by atoms with E-state index in [1.165, 1.54) is 0 Å². The minimum atomic E-state index is -0.118. The van der Waals surface area contributed by atoms with Crippen molar-refractivity contribution in [2.24, 2.45) is 23.7 Å². The quantitative estimate of drug-likeness (QED) is 0.788. The van der Waals surface area contributed by atoms with Crippen LogP contribution in [-0.4, -0.2) is 24.0 Å². The lowest BCUT2D eigenvalue weighted by molar-refractivity contribution is -0.145. The predicted octanol–water partition coefficient (Wildman–Crippen LogP) is 2.52. The summed E-state index contributed by atoms with van der Waals surface area (Å²) in [7, 11) is 0. The van der Waals surface area contributed by atoms with Gasteiger partial charge in [-0.3, -0.25) is 9.59 Å². The average Bonchev–Trinajstić information content (AvgIpc) is 2.83. The molecule has 4 unspecified atom stereocenters. The molecule has 20 heavy (non-hydrogen) atoms. The highest BCUT2D eigenvalue weighted by Gasteiger charge is 2.44. The lowest BCUT2D eigenvalue weighted by Crippen LogP contribution is -2.36. The number of esters is 1. The van der Waals surface area contributed by atoms with Crippen LogP contribution in [0.2, 0.25) is 0 Å². The van der Waals surface area contributed by atoms with Gasteiger partial charge in [0.25, 0.3) is 0 Å². The van der Waals surface area contributed by atoms with E-state index in [-0.39, 0.29) is 35.9 Å². The van der Waals surface area contributed by atoms with Crippen LogP contribution in [0, 0.1) is 23.7 Å². The first-order valence-electron chi connectivity index (χ1n) is 7.87. The van der Waals surface area contributed by atoms with E-state index in [9.17, 15) is 9.59 Å². The first-order valence-corrected chi connectivity index (χ1v) is 7.87. The number of carbonyl (C=O) groups is 2. The van der Waals surface area contributed by atoms with E-state index in [0.29, 0.717) is 11.8 Å². The van der Waals surface area contributed by atoms with Crippen molar-refractivity contribution in [3.8, 4) is 0 Å². The molecule has 0 aromatic rings. The van der Waals surface area contributed by atoms with Crippen molar-refractivity contribution in [2.45, 2.75) is 65.5 Å². The van der Waals surface area contributed by atoms with E-state index in [1.807, 2.05) is 0 Å². The molecule has 4 nitrogen and oxygen atoms in total. The molecule has 0 aliphatic carbocycles. The molecular weight excluding hydrogens is 254 g/mol. The van der Waals surface area contributed by atoms with Crippen LogP contribution in [0.3, 0.4) is 0 Å². The van der Waals surface area contributed by atoms with Gasteiger partial charge >= 0.3 is 5.97 Å². The normalized spacial score (nSPS) is 33.9. The summed E-state index contributed by atoms with van der Waals surface area (Å²) >= 11 is 0. The molecule has 2 saturated heterocycles. The van der Waals surface area contributed by atoms with Crippen LogP contribution < -0.4 is 5.32 Å². The molecule has 1 amide bonds. The van der Waals surface area contributed by atoms with Crippen LogP contribution in [-0.2, 0) is 14.3 Å². The van der Waals surface area contributed by atoms with Gasteiger partial charge in [0.1, 0.15) is 6.10 Å². The van der Waals surface area contributed by atoms with Gasteiger partial charge in [-0.2, -0.15) is 0 Å². The fourth-order valence-corrected chi connectivity index (χ4v) is 3.47. The standard InChI is InChI=1S/C16H27NO3/c1-9(2)5-11-7-13(17-15(11)18)14-8-12(6-10(3)4)16(19)20-14/h9-14H,5-8H2,1-4H3,(H,17,18). The molecule has 0 radical (unpaired) electrons. The summed E-state index contributed by atoms with van der Waals surface area (Å²) in [6.45, 7) is 8.51. The largest absolute Gasteiger partial charge is 0.460 e. The number of amides is 1. The Kier molecular flexibility index (Phi) is 4.71. The van der Waals surface area contributed by atoms with Gasteiger partial charge in [0.05, 0.1) is 12.0 Å². The summed E-state index contributed by atoms with van der Waals surface area (Å²) in [5.74, 6) is 1.17. The lowest BCUT2D eigenvalue weighted by atomic mass is 9.89. The van der Waals surface area contributed by atoms with Crippen molar-refractivity contribution in [3.63, 3.8) is 0 Å². The number of nitrogens with one attached hydrogen (secondary N) is 1. The van der Waals surface area contributed by atoms with Gasteiger partial charge in [0.2, 0.25) is 5.91 Å². The van der Waals surface area contributed by atoms with Crippen molar-refractivity contribution < 1.29 is 14.3 Å². The zero-order valence-electron chi connectivity index (χ0n) is 13.0. The maximum atomic E-state index is 12.0. The Hall–Kier alpha value is -1.06. The summed E-state index contributed by atoms with van der Waals surface area (Å²) < 4.78 is 5.51. The van der Waals surface area contributed by atoms with Crippen molar-refractivity contribution in [3.05, 3.63) is 0 Å². The van der Waals surface area contributed by atoms with E-state index >= 15 is 0 Å². The molecule has 4 atom stereocenters. The molecule has 2 aliphatic heterocycles. The highest BCUT2D eigenvalue weighted by atomic mass is 16.6. The second kappa shape index (κ2) is 6.15. The van der Waals surface area contributed by atoms with Gasteiger partial charge in [0.15, 0.2) is 0 Å². The van der Waals surface area contributed by atoms with Crippen molar-refractivity contribution in [1.82, 2.24) is 5.32 Å². The number of carbonyl (C=O) groups excluding carboxylic acids is 2. The molecule has 0 bridgehead atoms. The van der Waals surface area contributed by atoms with Gasteiger partial charge in [-0.15, -0.1) is 0 Å². The van der Waals surface area contributed by atoms with E-state index in [4.69, 9.17) is 4.74 Å². The Morgan fingerprint density at radius 2 is 1.65 bits per heavy atom. The Morgan fingerprint density at radius 1 is 1.05 bits per heavy atom. The average molecular weight is 281 g/mol. The van der Waals surface area contributed by atoms with Gasteiger partial charge in [-0.25, -0.2) is 0 Å². The van der Waals surface area contributed by atoms with Gasteiger partial charge in [-0.05, 0) is 37.5 Å². The van der Waals surface area contributed by atoms with Gasteiger partial charge in [-0.1, -0.05) is 27.7 Å². The fourth-order valence-electron chi connectivity index (χ4n) is 3.47. The molecule has 2 heterocycles. The lowest BCUT2D eigenvalue weighted by Gasteiger charge is -2.17. The Balaban J connectivity index is 1.91. The first kappa shape index (κ1) is 15.3. The predicted molar refractivity (Wildman–Crippen MR) is 76.9 cm³/mol. The number of rotatable bonds is 5. The van der Waals surface area contributed by atoms with Crippen LogP contribution in [0.1, 0.15) is 53.4 Å². The summed E-state index contributed by atoms with van der Waals surface area (Å²) in [5, 5.41) is 3.03. The number of hydrogen-bond acceptors (Lipinski definition) is 3. The zero-order valence-corrected chi connectivity index (χ0v) is 13.0. The third-order valence-corrected chi connectivity index (χ3v) is 4.32. The fraction of sp³-hybridized carbons (Fsp3) is 0.875. The third-order valence-electron chi connectivity index (χ3n) is 4.32. The topological polar surface area (TPSA) is 55.4 Å². The van der Waals surface area contributed by atoms with E-state index < -0.39 is 0 Å². The Labute approximate surface area is 121 Å². The minimum absolute atomic E-state index is 0.0149. The molecular formula is C16H27NO3. The molecule has 0 aromatic heterocycles. The van der Waals surface area contributed by atoms with E-state index in [1.54, 1.807) is 0 Å². The van der Waals surface area contributed by atoms with Crippen LogP contribution in [0.15, 0.2) is 0 Å². The van der Waals surface area contributed by atoms with Crippen LogP contribution in [0.25, 0.3) is 0 Å². The highest BCUT2D eigenvalue weighted by Crippen LogP contribution is 2.33. The molecule has 2 aliphatic rings. The van der Waals surface area contributed by atoms with Crippen LogP contribution in [0.5, 0.6) is 0 Å². The number of ether oxygens (including phenoxy) is 1. The van der Waals surface area contributed by atoms with E-state index in [2.05, 4.69) is 33.0 Å². The third kappa shape index (κ3) is 3.53. The summed E-state index contributed by atoms with van der Waals surface area (Å²) in [6, 6.07) is 0.0207. The SMILES string of the molecule is CC(C)CC1CC(C2CC(CC(C)C)C(=O)O2)NC1=O. The smallest absolute Gasteiger partial charge is 0.309 e. The highest BCUT2D eigenvalue weighted by molar-refractivity contribution is 5.82. The van der Waals surface area contributed by atoms with Crippen LogP contribution >= 0.6 is 0 Å². The van der Waals surface area contributed by atoms with Gasteiger partial charge < -0.3 is 10.1 Å². The summed E-state index contributed by atoms with van der Waals surface area (Å²) in [4.78, 5) is 23.8. The molecule has 114 valence electrons. The molecule has 4 heteroatoms. The Bertz CT molecular complexity index is 342. The number of cyclic esters (lactones) is 1.